The quantitative estimate of drug-likeness (QED) is 0.799. The van der Waals surface area contributed by atoms with Crippen molar-refractivity contribution in [3.63, 3.8) is 0 Å². The molecule has 0 bridgehead atoms. The van der Waals surface area contributed by atoms with Gasteiger partial charge < -0.3 is 19.0 Å². The van der Waals surface area contributed by atoms with E-state index in [1.807, 2.05) is 18.2 Å². The van der Waals surface area contributed by atoms with Gasteiger partial charge in [-0.1, -0.05) is 18.2 Å². The lowest BCUT2D eigenvalue weighted by Gasteiger charge is -2.36. The summed E-state index contributed by atoms with van der Waals surface area (Å²) in [6.07, 6.45) is 0. The highest BCUT2D eigenvalue weighted by molar-refractivity contribution is 5.92. The molecule has 1 aliphatic heterocycles. The summed E-state index contributed by atoms with van der Waals surface area (Å²) in [5.74, 6) is 0.462. The number of esters is 1. The second-order valence-corrected chi connectivity index (χ2v) is 6.11. The molecule has 132 valence electrons. The normalized spacial score (nSPS) is 14.5. The Morgan fingerprint density at radius 2 is 1.76 bits per heavy atom. The fourth-order valence-electron chi connectivity index (χ4n) is 2.98. The van der Waals surface area contributed by atoms with Crippen LogP contribution in [0.1, 0.15) is 21.9 Å². The third kappa shape index (κ3) is 4.02. The molecule has 3 rings (SSSR count). The Balaban J connectivity index is 1.48. The van der Waals surface area contributed by atoms with Gasteiger partial charge in [-0.05, 0) is 32.0 Å². The Morgan fingerprint density at radius 3 is 2.36 bits per heavy atom. The fraction of sp³-hybridized carbons (Fsp3) is 0.368. The number of carbonyl (C=O) groups is 2. The van der Waals surface area contributed by atoms with Crippen LogP contribution in [0, 0.1) is 13.8 Å². The van der Waals surface area contributed by atoms with Gasteiger partial charge in [0.2, 0.25) is 0 Å². The second kappa shape index (κ2) is 7.42. The minimum atomic E-state index is -0.523. The molecule has 0 N–H and O–H groups in total. The third-order valence-electron chi connectivity index (χ3n) is 4.34. The van der Waals surface area contributed by atoms with E-state index in [1.165, 1.54) is 0 Å². The number of carbonyl (C=O) groups excluding carboxylic acids is 2. The van der Waals surface area contributed by atoms with Crippen molar-refractivity contribution in [1.82, 2.24) is 4.90 Å². The minimum Gasteiger partial charge on any atom is -0.466 e. The number of nitrogens with zero attached hydrogens (tertiary/aromatic N) is 2. The number of furan rings is 1. The number of hydrogen-bond donors (Lipinski definition) is 0. The monoisotopic (exact) mass is 342 g/mol. The lowest BCUT2D eigenvalue weighted by molar-refractivity contribution is -0.134. The summed E-state index contributed by atoms with van der Waals surface area (Å²) in [6, 6.07) is 11.8. The smallest absolute Gasteiger partial charge is 0.342 e. The van der Waals surface area contributed by atoms with E-state index in [2.05, 4.69) is 17.0 Å². The zero-order valence-electron chi connectivity index (χ0n) is 14.5. The van der Waals surface area contributed by atoms with Gasteiger partial charge in [-0.2, -0.15) is 0 Å². The lowest BCUT2D eigenvalue weighted by Crippen LogP contribution is -2.49. The van der Waals surface area contributed by atoms with Gasteiger partial charge in [-0.15, -0.1) is 0 Å². The van der Waals surface area contributed by atoms with Crippen molar-refractivity contribution >= 4 is 17.6 Å². The van der Waals surface area contributed by atoms with Crippen LogP contribution in [-0.2, 0) is 9.53 Å². The first-order valence-corrected chi connectivity index (χ1v) is 8.36. The van der Waals surface area contributed by atoms with E-state index in [9.17, 15) is 9.59 Å². The molecule has 2 heterocycles. The molecule has 2 aromatic rings. The summed E-state index contributed by atoms with van der Waals surface area (Å²) in [6.45, 7) is 6.00. The van der Waals surface area contributed by atoms with Gasteiger partial charge in [-0.3, -0.25) is 4.79 Å². The van der Waals surface area contributed by atoms with Crippen LogP contribution in [0.5, 0.6) is 0 Å². The summed E-state index contributed by atoms with van der Waals surface area (Å²) >= 11 is 0. The molecule has 0 saturated carbocycles. The van der Waals surface area contributed by atoms with E-state index in [0.717, 1.165) is 18.8 Å². The van der Waals surface area contributed by atoms with Gasteiger partial charge in [0.05, 0.1) is 0 Å². The van der Waals surface area contributed by atoms with Gasteiger partial charge >= 0.3 is 5.97 Å². The highest BCUT2D eigenvalue weighted by Crippen LogP contribution is 2.16. The maximum absolute atomic E-state index is 12.3. The van der Waals surface area contributed by atoms with E-state index >= 15 is 0 Å². The van der Waals surface area contributed by atoms with Crippen molar-refractivity contribution in [1.29, 1.82) is 0 Å². The van der Waals surface area contributed by atoms with Gasteiger partial charge in [0.15, 0.2) is 6.61 Å². The molecule has 1 fully saturated rings. The van der Waals surface area contributed by atoms with Crippen LogP contribution in [0.4, 0.5) is 5.69 Å². The highest BCUT2D eigenvalue weighted by atomic mass is 16.5. The molecule has 0 radical (unpaired) electrons. The number of anilines is 1. The van der Waals surface area contributed by atoms with E-state index in [0.29, 0.717) is 30.2 Å². The molecular weight excluding hydrogens is 320 g/mol. The van der Waals surface area contributed by atoms with E-state index in [1.54, 1.807) is 24.8 Å². The largest absolute Gasteiger partial charge is 0.466 e. The van der Waals surface area contributed by atoms with Crippen LogP contribution in [0.2, 0.25) is 0 Å². The number of amides is 1. The summed E-state index contributed by atoms with van der Waals surface area (Å²) in [5, 5.41) is 0. The number of ether oxygens (including phenoxy) is 1. The average Bonchev–Trinajstić information content (AvgIpc) is 2.98. The predicted molar refractivity (Wildman–Crippen MR) is 93.7 cm³/mol. The number of benzene rings is 1. The van der Waals surface area contributed by atoms with Crippen molar-refractivity contribution < 1.29 is 18.7 Å². The van der Waals surface area contributed by atoms with Gasteiger partial charge in [0.1, 0.15) is 17.1 Å². The zero-order valence-corrected chi connectivity index (χ0v) is 14.5. The van der Waals surface area contributed by atoms with Crippen molar-refractivity contribution in [3.05, 3.63) is 53.5 Å². The van der Waals surface area contributed by atoms with Crippen LogP contribution in [0.15, 0.2) is 40.8 Å². The molecule has 0 aliphatic carbocycles. The van der Waals surface area contributed by atoms with Gasteiger partial charge in [-0.25, -0.2) is 4.79 Å². The summed E-state index contributed by atoms with van der Waals surface area (Å²) in [7, 11) is 0. The SMILES string of the molecule is Cc1cc(C(=O)OCC(=O)N2CCN(c3ccccc3)CC2)c(C)o1. The maximum atomic E-state index is 12.3. The summed E-state index contributed by atoms with van der Waals surface area (Å²) in [5.41, 5.74) is 1.53. The van der Waals surface area contributed by atoms with E-state index in [-0.39, 0.29) is 12.5 Å². The number of rotatable bonds is 4. The third-order valence-corrected chi connectivity index (χ3v) is 4.34. The van der Waals surface area contributed by atoms with Crippen LogP contribution >= 0.6 is 0 Å². The van der Waals surface area contributed by atoms with E-state index in [4.69, 9.17) is 9.15 Å². The second-order valence-electron chi connectivity index (χ2n) is 6.11. The molecule has 25 heavy (non-hydrogen) atoms. The first kappa shape index (κ1) is 17.1. The van der Waals surface area contributed by atoms with Crippen LogP contribution in [0.3, 0.4) is 0 Å². The average molecular weight is 342 g/mol. The Hall–Kier alpha value is -2.76. The van der Waals surface area contributed by atoms with E-state index < -0.39 is 5.97 Å². The Bertz CT molecular complexity index is 746. The standard InChI is InChI=1S/C19H22N2O4/c1-14-12-17(15(2)25-14)19(23)24-13-18(22)21-10-8-20(9-11-21)16-6-4-3-5-7-16/h3-7,12H,8-11,13H2,1-2H3. The molecule has 0 atom stereocenters. The molecule has 6 heteroatoms. The van der Waals surface area contributed by atoms with Gasteiger partial charge in [0.25, 0.3) is 5.91 Å². The zero-order chi connectivity index (χ0) is 17.8. The molecule has 1 saturated heterocycles. The Morgan fingerprint density at radius 1 is 1.08 bits per heavy atom. The molecule has 0 unspecified atom stereocenters. The van der Waals surface area contributed by atoms with Crippen molar-refractivity contribution in [2.75, 3.05) is 37.7 Å². The predicted octanol–water partition coefficient (Wildman–Crippen LogP) is 2.40. The van der Waals surface area contributed by atoms with Crippen molar-refractivity contribution in [3.8, 4) is 0 Å². The maximum Gasteiger partial charge on any atom is 0.342 e. The number of para-hydroxylation sites is 1. The van der Waals surface area contributed by atoms with Crippen LogP contribution in [0.25, 0.3) is 0 Å². The first-order chi connectivity index (χ1) is 12.0. The number of piperazine rings is 1. The number of aryl methyl sites for hydroxylation is 2. The Kier molecular flexibility index (Phi) is 5.07. The molecule has 1 amide bonds. The van der Waals surface area contributed by atoms with Gasteiger partial charge in [0, 0.05) is 31.9 Å². The molecular formula is C19H22N2O4. The highest BCUT2D eigenvalue weighted by Gasteiger charge is 2.23. The topological polar surface area (TPSA) is 63.0 Å². The molecule has 1 aromatic carbocycles. The minimum absolute atomic E-state index is 0.168. The van der Waals surface area contributed by atoms with Crippen molar-refractivity contribution in [2.45, 2.75) is 13.8 Å². The van der Waals surface area contributed by atoms with Crippen LogP contribution in [-0.4, -0.2) is 49.6 Å². The fourth-order valence-corrected chi connectivity index (χ4v) is 2.98. The first-order valence-electron chi connectivity index (χ1n) is 8.36. The summed E-state index contributed by atoms with van der Waals surface area (Å²) < 4.78 is 10.5. The molecule has 1 aliphatic rings. The van der Waals surface area contributed by atoms with Crippen molar-refractivity contribution in [2.24, 2.45) is 0 Å². The van der Waals surface area contributed by atoms with Crippen LogP contribution < -0.4 is 4.90 Å². The number of hydrogen-bond acceptors (Lipinski definition) is 5. The summed E-state index contributed by atoms with van der Waals surface area (Å²) in [4.78, 5) is 28.3. The molecule has 1 aromatic heterocycles. The lowest BCUT2D eigenvalue weighted by atomic mass is 10.2. The molecule has 0 spiro atoms. The Labute approximate surface area is 147 Å². The molecule has 6 nitrogen and oxygen atoms in total.